The predicted molar refractivity (Wildman–Crippen MR) is 220 cm³/mol. The zero-order valence-electron chi connectivity index (χ0n) is 30.4. The Labute approximate surface area is 323 Å². The Balaban J connectivity index is 0.000000168. The Kier molecular flexibility index (Phi) is 15.7. The summed E-state index contributed by atoms with van der Waals surface area (Å²) < 4.78 is 0. The molecule has 2 fully saturated rings. The molecule has 0 saturated heterocycles. The first-order chi connectivity index (χ1) is 24.4. The first-order valence-electron chi connectivity index (χ1n) is 18.5. The van der Waals surface area contributed by atoms with Crippen LogP contribution in [0.3, 0.4) is 0 Å². The Morgan fingerprint density at radius 2 is 0.920 bits per heavy atom. The van der Waals surface area contributed by atoms with E-state index in [9.17, 15) is 0 Å². The van der Waals surface area contributed by atoms with Gasteiger partial charge in [0.2, 0.25) is 0 Å². The average Bonchev–Trinajstić information content (AvgIpc) is 3.95. The molecule has 0 N–H and O–H groups in total. The van der Waals surface area contributed by atoms with Gasteiger partial charge in [0.25, 0.3) is 0 Å². The summed E-state index contributed by atoms with van der Waals surface area (Å²) in [7, 11) is 11.0. The van der Waals surface area contributed by atoms with Crippen LogP contribution in [0.2, 0.25) is 13.1 Å². The van der Waals surface area contributed by atoms with Crippen LogP contribution in [0.1, 0.15) is 73.6 Å². The molecule has 258 valence electrons. The van der Waals surface area contributed by atoms with E-state index in [2.05, 4.69) is 136 Å². The van der Waals surface area contributed by atoms with Crippen molar-refractivity contribution in [3.8, 4) is 22.3 Å². The molecule has 6 aromatic carbocycles. The van der Waals surface area contributed by atoms with Crippen molar-refractivity contribution >= 4 is 48.1 Å². The van der Waals surface area contributed by atoms with Gasteiger partial charge in [-0.15, -0.1) is 69.1 Å². The number of rotatable bonds is 6. The van der Waals surface area contributed by atoms with E-state index in [4.69, 9.17) is 17.0 Å². The molecule has 0 aromatic heterocycles. The topological polar surface area (TPSA) is 0 Å². The third-order valence-corrected chi connectivity index (χ3v) is 10.3. The Morgan fingerprint density at radius 3 is 1.26 bits per heavy atom. The zero-order valence-corrected chi connectivity index (χ0v) is 35.3. The van der Waals surface area contributed by atoms with Crippen molar-refractivity contribution in [3.05, 3.63) is 131 Å². The van der Waals surface area contributed by atoms with Crippen molar-refractivity contribution in [1.82, 2.24) is 0 Å². The van der Waals surface area contributed by atoms with Gasteiger partial charge in [0, 0.05) is 9.52 Å². The zero-order chi connectivity index (χ0) is 35.3. The summed E-state index contributed by atoms with van der Waals surface area (Å²) in [4.78, 5) is 0. The van der Waals surface area contributed by atoms with Crippen molar-refractivity contribution in [3.63, 3.8) is 0 Å². The fraction of sp³-hybridized carbons (Fsp3) is 0.348. The molecule has 0 spiro atoms. The molecular formula is C46H52Cl2SiZr. The minimum absolute atomic E-state index is 0.826. The molecule has 0 nitrogen and oxygen atoms in total. The Morgan fingerprint density at radius 1 is 0.580 bits per heavy atom. The monoisotopic (exact) mass is 792 g/mol. The van der Waals surface area contributed by atoms with Crippen LogP contribution in [0.5, 0.6) is 0 Å². The minimum atomic E-state index is -0.826. The quantitative estimate of drug-likeness (QED) is 0.116. The molecule has 0 atom stereocenters. The van der Waals surface area contributed by atoms with E-state index in [1.54, 1.807) is 0 Å². The summed E-state index contributed by atoms with van der Waals surface area (Å²) in [6.45, 7) is 8.60. The summed E-state index contributed by atoms with van der Waals surface area (Å²) in [5, 5.41) is 5.62. The number of aryl methyl sites for hydroxylation is 2. The van der Waals surface area contributed by atoms with E-state index < -0.39 is 20.8 Å². The third kappa shape index (κ3) is 10.9. The van der Waals surface area contributed by atoms with Gasteiger partial charge in [-0.3, -0.25) is 0 Å². The Bertz CT molecular complexity index is 1730. The summed E-state index contributed by atoms with van der Waals surface area (Å²) in [5.74, 6) is 1.83. The van der Waals surface area contributed by atoms with Crippen molar-refractivity contribution < 1.29 is 20.8 Å². The van der Waals surface area contributed by atoms with Gasteiger partial charge in [0.05, 0.1) is 0 Å². The maximum atomic E-state index is 4.93. The van der Waals surface area contributed by atoms with Gasteiger partial charge in [-0.25, -0.2) is 0 Å². The number of hydrogen-bond donors (Lipinski definition) is 0. The van der Waals surface area contributed by atoms with Crippen LogP contribution in [0, 0.1) is 25.7 Å². The molecule has 0 aliphatic heterocycles. The standard InChI is InChI=1S/2C22H23.C2H6Si.2ClH.Zr/c2*1-16-9-11-19(12-10-16)21-8-4-7-20-14-18(15-22(20)21)13-17-5-2-3-6-17;1-3-2;;;/h2*4,7-12,14-15,17H,2-3,5-6,13H2,1H3;1-2H3;2*1H;/q2*-1;;;;+4/p-2. The summed E-state index contributed by atoms with van der Waals surface area (Å²) >= 11 is -0.826. The van der Waals surface area contributed by atoms with Crippen LogP contribution in [-0.2, 0) is 33.7 Å². The van der Waals surface area contributed by atoms with E-state index in [0.29, 0.717) is 0 Å². The number of benzene rings is 4. The summed E-state index contributed by atoms with van der Waals surface area (Å²) in [6.07, 6.45) is 13.9. The number of fused-ring (bicyclic) bond motifs is 2. The molecule has 6 aromatic rings. The molecule has 8 rings (SSSR count). The molecule has 0 amide bonds. The van der Waals surface area contributed by atoms with E-state index in [-0.39, 0.29) is 0 Å². The number of hydrogen-bond acceptors (Lipinski definition) is 0. The van der Waals surface area contributed by atoms with Crippen LogP contribution in [0.25, 0.3) is 43.8 Å². The van der Waals surface area contributed by atoms with E-state index in [0.717, 1.165) is 21.4 Å². The summed E-state index contributed by atoms with van der Waals surface area (Å²) in [6, 6.07) is 40.9. The van der Waals surface area contributed by atoms with Gasteiger partial charge in [-0.1, -0.05) is 147 Å². The predicted octanol–water partition coefficient (Wildman–Crippen LogP) is 14.7. The van der Waals surface area contributed by atoms with Crippen molar-refractivity contribution in [1.29, 1.82) is 0 Å². The molecular weight excluding hydrogens is 743 g/mol. The first-order valence-corrected chi connectivity index (χ1v) is 26.8. The van der Waals surface area contributed by atoms with Crippen LogP contribution in [-0.4, -0.2) is 9.52 Å². The summed E-state index contributed by atoms with van der Waals surface area (Å²) in [5.41, 5.74) is 11.1. The SMILES string of the molecule is C[Si]C.Cc1ccc(-c2cccc3[cH-]c(CC4CCCC4)cc23)cc1.Cc1ccc(-c2cccc3[cH-]c(CC4CCCC4)cc23)cc1.[Cl][Zr+2][Cl]. The molecule has 2 aliphatic carbocycles. The fourth-order valence-electron chi connectivity index (χ4n) is 7.89. The first kappa shape index (κ1) is 39.0. The second-order valence-electron chi connectivity index (χ2n) is 14.4. The van der Waals surface area contributed by atoms with E-state index in [1.165, 1.54) is 130 Å². The fourth-order valence-corrected chi connectivity index (χ4v) is 7.89. The molecule has 4 heteroatoms. The Hall–Kier alpha value is -2.22. The number of halogens is 2. The second-order valence-corrected chi connectivity index (χ2v) is 19.1. The van der Waals surface area contributed by atoms with Gasteiger partial charge in [0.15, 0.2) is 0 Å². The molecule has 2 radical (unpaired) electrons. The molecule has 2 aliphatic rings. The normalized spacial score (nSPS) is 14.4. The van der Waals surface area contributed by atoms with E-state index >= 15 is 0 Å². The molecule has 0 unspecified atom stereocenters. The molecule has 2 saturated carbocycles. The van der Waals surface area contributed by atoms with Crippen molar-refractivity contribution in [2.45, 2.75) is 91.1 Å². The van der Waals surface area contributed by atoms with Crippen LogP contribution < -0.4 is 0 Å². The maximum absolute atomic E-state index is 4.93. The van der Waals surface area contributed by atoms with Gasteiger partial charge < -0.3 is 0 Å². The molecule has 0 heterocycles. The average molecular weight is 795 g/mol. The third-order valence-electron chi connectivity index (χ3n) is 10.3. The van der Waals surface area contributed by atoms with Crippen molar-refractivity contribution in [2.24, 2.45) is 11.8 Å². The second kappa shape index (κ2) is 20.1. The molecule has 50 heavy (non-hydrogen) atoms. The van der Waals surface area contributed by atoms with Crippen LogP contribution in [0.4, 0.5) is 0 Å². The van der Waals surface area contributed by atoms with Crippen LogP contribution >= 0.6 is 17.0 Å². The van der Waals surface area contributed by atoms with Gasteiger partial charge >= 0.3 is 37.9 Å². The van der Waals surface area contributed by atoms with Gasteiger partial charge in [-0.2, -0.15) is 12.1 Å². The van der Waals surface area contributed by atoms with E-state index in [1.807, 2.05) is 0 Å². The van der Waals surface area contributed by atoms with Crippen molar-refractivity contribution in [2.75, 3.05) is 0 Å². The van der Waals surface area contributed by atoms with Crippen LogP contribution in [0.15, 0.2) is 109 Å². The van der Waals surface area contributed by atoms with Gasteiger partial charge in [0.1, 0.15) is 0 Å². The van der Waals surface area contributed by atoms with Gasteiger partial charge in [-0.05, 0) is 49.7 Å². The molecule has 0 bridgehead atoms.